The van der Waals surface area contributed by atoms with Gasteiger partial charge in [0.05, 0.1) is 16.9 Å². The number of aromatic nitrogens is 2. The first-order valence-corrected chi connectivity index (χ1v) is 8.70. The molecule has 1 aromatic heterocycles. The lowest BCUT2D eigenvalue weighted by atomic mass is 10.1. The summed E-state index contributed by atoms with van der Waals surface area (Å²) in [7, 11) is 0. The molecule has 0 bridgehead atoms. The van der Waals surface area contributed by atoms with Gasteiger partial charge >= 0.3 is 0 Å². The number of carbonyl (C=O) groups is 2. The van der Waals surface area contributed by atoms with Crippen LogP contribution < -0.4 is 10.1 Å². The Morgan fingerprint density at radius 3 is 2.46 bits per heavy atom. The summed E-state index contributed by atoms with van der Waals surface area (Å²) in [5.74, 6) is -0.793. The summed E-state index contributed by atoms with van der Waals surface area (Å²) in [6.45, 7) is 4.79. The maximum atomic E-state index is 13.8. The van der Waals surface area contributed by atoms with Crippen LogP contribution in [-0.4, -0.2) is 28.1 Å². The minimum atomic E-state index is -0.682. The predicted molar refractivity (Wildman–Crippen MR) is 104 cm³/mol. The zero-order chi connectivity index (χ0) is 20.3. The zero-order valence-corrected chi connectivity index (χ0v) is 15.8. The number of nitrogens with one attached hydrogen (secondary N) is 1. The largest absolute Gasteiger partial charge is 0.484 e. The monoisotopic (exact) mass is 381 g/mol. The minimum Gasteiger partial charge on any atom is -0.484 e. The number of benzene rings is 2. The van der Waals surface area contributed by atoms with Gasteiger partial charge in [0.2, 0.25) is 0 Å². The maximum absolute atomic E-state index is 13.8. The third-order valence-corrected chi connectivity index (χ3v) is 4.07. The average Bonchev–Trinajstić information content (AvgIpc) is 3.00. The van der Waals surface area contributed by atoms with E-state index in [0.29, 0.717) is 5.82 Å². The van der Waals surface area contributed by atoms with Crippen molar-refractivity contribution in [3.8, 4) is 11.4 Å². The summed E-state index contributed by atoms with van der Waals surface area (Å²) in [4.78, 5) is 23.5. The molecule has 2 aromatic carbocycles. The molecule has 0 radical (unpaired) electrons. The van der Waals surface area contributed by atoms with Crippen LogP contribution in [0, 0.1) is 19.7 Å². The fourth-order valence-electron chi connectivity index (χ4n) is 2.67. The number of ether oxygens (including phenoxy) is 1. The van der Waals surface area contributed by atoms with Crippen LogP contribution in [0.4, 0.5) is 10.2 Å². The maximum Gasteiger partial charge on any atom is 0.263 e. The number of rotatable bonds is 6. The molecule has 0 unspecified atom stereocenters. The van der Waals surface area contributed by atoms with Crippen molar-refractivity contribution in [1.82, 2.24) is 9.78 Å². The number of nitrogens with zero attached hydrogens (tertiary/aromatic N) is 2. The Hall–Kier alpha value is -3.48. The number of Topliss-reactive ketones (excluding diaryl/α,β-unsaturated/α-hetero) is 1. The van der Waals surface area contributed by atoms with E-state index in [0.717, 1.165) is 23.0 Å². The molecule has 0 aliphatic rings. The van der Waals surface area contributed by atoms with Crippen molar-refractivity contribution in [3.05, 3.63) is 71.2 Å². The lowest BCUT2D eigenvalue weighted by Crippen LogP contribution is -2.22. The molecule has 1 amide bonds. The Labute approximate surface area is 161 Å². The SMILES string of the molecule is CC(=O)c1ccc(OCC(=O)Nc2cc(C)nn2-c2ccc(C)cc2)cc1F. The summed E-state index contributed by atoms with van der Waals surface area (Å²) in [5.41, 5.74) is 2.67. The van der Waals surface area contributed by atoms with Crippen LogP contribution in [-0.2, 0) is 4.79 Å². The molecule has 0 saturated heterocycles. The van der Waals surface area contributed by atoms with E-state index in [2.05, 4.69) is 10.4 Å². The van der Waals surface area contributed by atoms with Crippen LogP contribution in [0.1, 0.15) is 28.5 Å². The fraction of sp³-hybridized carbons (Fsp3) is 0.190. The molecule has 7 heteroatoms. The highest BCUT2D eigenvalue weighted by Crippen LogP contribution is 2.19. The van der Waals surface area contributed by atoms with E-state index in [1.54, 1.807) is 10.7 Å². The van der Waals surface area contributed by atoms with Gasteiger partial charge < -0.3 is 10.1 Å². The van der Waals surface area contributed by atoms with Crippen LogP contribution >= 0.6 is 0 Å². The summed E-state index contributed by atoms with van der Waals surface area (Å²) in [6.07, 6.45) is 0. The van der Waals surface area contributed by atoms with Crippen LogP contribution in [0.3, 0.4) is 0 Å². The second-order valence-corrected chi connectivity index (χ2v) is 6.45. The summed E-state index contributed by atoms with van der Waals surface area (Å²) < 4.78 is 20.8. The Bertz CT molecular complexity index is 1030. The van der Waals surface area contributed by atoms with Gasteiger partial charge in [0.15, 0.2) is 12.4 Å². The first-order chi connectivity index (χ1) is 13.3. The average molecular weight is 381 g/mol. The molecule has 28 heavy (non-hydrogen) atoms. The van der Waals surface area contributed by atoms with E-state index in [-0.39, 0.29) is 23.7 Å². The van der Waals surface area contributed by atoms with Crippen LogP contribution in [0.15, 0.2) is 48.5 Å². The van der Waals surface area contributed by atoms with Gasteiger partial charge in [0.25, 0.3) is 5.91 Å². The normalized spacial score (nSPS) is 10.6. The Kier molecular flexibility index (Phi) is 5.54. The van der Waals surface area contributed by atoms with Crippen LogP contribution in [0.5, 0.6) is 5.75 Å². The molecule has 0 aliphatic carbocycles. The number of ketones is 1. The molecule has 3 aromatic rings. The smallest absolute Gasteiger partial charge is 0.263 e. The van der Waals surface area contributed by atoms with Gasteiger partial charge in [-0.2, -0.15) is 5.10 Å². The molecular formula is C21H20FN3O3. The van der Waals surface area contributed by atoms with Gasteiger partial charge in [-0.05, 0) is 45.0 Å². The number of hydrogen-bond acceptors (Lipinski definition) is 4. The topological polar surface area (TPSA) is 73.2 Å². The number of amides is 1. The van der Waals surface area contributed by atoms with Crippen molar-refractivity contribution in [2.24, 2.45) is 0 Å². The van der Waals surface area contributed by atoms with E-state index < -0.39 is 11.7 Å². The Balaban J connectivity index is 1.68. The second kappa shape index (κ2) is 8.04. The third-order valence-electron chi connectivity index (χ3n) is 4.07. The fourth-order valence-corrected chi connectivity index (χ4v) is 2.67. The first-order valence-electron chi connectivity index (χ1n) is 8.70. The predicted octanol–water partition coefficient (Wildman–Crippen LogP) is 3.85. The highest BCUT2D eigenvalue weighted by Gasteiger charge is 2.13. The first kappa shape index (κ1) is 19.3. The highest BCUT2D eigenvalue weighted by atomic mass is 19.1. The summed E-state index contributed by atoms with van der Waals surface area (Å²) in [5, 5.41) is 7.15. The Morgan fingerprint density at radius 1 is 1.11 bits per heavy atom. The molecule has 0 atom stereocenters. The van der Waals surface area contributed by atoms with Gasteiger partial charge in [-0.15, -0.1) is 0 Å². The molecule has 3 rings (SSSR count). The van der Waals surface area contributed by atoms with Gasteiger partial charge in [-0.3, -0.25) is 9.59 Å². The van der Waals surface area contributed by atoms with E-state index in [4.69, 9.17) is 4.74 Å². The summed E-state index contributed by atoms with van der Waals surface area (Å²) in [6, 6.07) is 13.4. The minimum absolute atomic E-state index is 0.0192. The molecule has 1 N–H and O–H groups in total. The summed E-state index contributed by atoms with van der Waals surface area (Å²) >= 11 is 0. The van der Waals surface area contributed by atoms with E-state index in [9.17, 15) is 14.0 Å². The lowest BCUT2D eigenvalue weighted by molar-refractivity contribution is -0.118. The van der Waals surface area contributed by atoms with Crippen LogP contribution in [0.2, 0.25) is 0 Å². The second-order valence-electron chi connectivity index (χ2n) is 6.45. The van der Waals surface area contributed by atoms with Gasteiger partial charge in [-0.1, -0.05) is 17.7 Å². The van der Waals surface area contributed by atoms with Crippen molar-refractivity contribution in [2.75, 3.05) is 11.9 Å². The van der Waals surface area contributed by atoms with Crippen molar-refractivity contribution in [1.29, 1.82) is 0 Å². The van der Waals surface area contributed by atoms with Crippen molar-refractivity contribution >= 4 is 17.5 Å². The molecule has 0 saturated carbocycles. The molecule has 6 nitrogen and oxygen atoms in total. The van der Waals surface area contributed by atoms with Crippen molar-refractivity contribution in [3.63, 3.8) is 0 Å². The van der Waals surface area contributed by atoms with Crippen molar-refractivity contribution in [2.45, 2.75) is 20.8 Å². The van der Waals surface area contributed by atoms with E-state index >= 15 is 0 Å². The number of carbonyl (C=O) groups excluding carboxylic acids is 2. The third kappa shape index (κ3) is 4.43. The molecule has 144 valence electrons. The van der Waals surface area contributed by atoms with E-state index in [1.807, 2.05) is 38.1 Å². The van der Waals surface area contributed by atoms with E-state index in [1.165, 1.54) is 19.1 Å². The number of aryl methyl sites for hydroxylation is 2. The molecule has 0 fully saturated rings. The lowest BCUT2D eigenvalue weighted by Gasteiger charge is -2.10. The highest BCUT2D eigenvalue weighted by molar-refractivity contribution is 5.94. The molecular weight excluding hydrogens is 361 g/mol. The van der Waals surface area contributed by atoms with Gasteiger partial charge in [-0.25, -0.2) is 9.07 Å². The Morgan fingerprint density at radius 2 is 1.82 bits per heavy atom. The zero-order valence-electron chi connectivity index (χ0n) is 15.8. The molecule has 1 heterocycles. The molecule has 0 aliphatic heterocycles. The number of halogens is 1. The van der Waals surface area contributed by atoms with Crippen LogP contribution in [0.25, 0.3) is 5.69 Å². The quantitative estimate of drug-likeness (QED) is 0.658. The van der Waals surface area contributed by atoms with Gasteiger partial charge in [0.1, 0.15) is 17.4 Å². The standard InChI is InChI=1S/C21H20FN3O3/c1-13-4-6-16(7-5-13)25-20(10-14(2)24-25)23-21(27)12-28-17-8-9-18(15(3)26)19(22)11-17/h4-11H,12H2,1-3H3,(H,23,27). The molecule has 0 spiro atoms. The number of anilines is 1. The van der Waals surface area contributed by atoms with Gasteiger partial charge in [0, 0.05) is 12.1 Å². The number of hydrogen-bond donors (Lipinski definition) is 1. The van der Waals surface area contributed by atoms with Crippen molar-refractivity contribution < 1.29 is 18.7 Å².